The first kappa shape index (κ1) is 23.1. The fraction of sp³-hybridized carbons (Fsp3) is 0.393. The number of likely N-dealkylation sites (tertiary alicyclic amines) is 1. The van der Waals surface area contributed by atoms with Gasteiger partial charge in [0.25, 0.3) is 5.91 Å². The molecular formula is C28H33N5O2. The van der Waals surface area contributed by atoms with Gasteiger partial charge in [-0.05, 0) is 68.0 Å². The number of amides is 2. The fourth-order valence-corrected chi connectivity index (χ4v) is 4.93. The van der Waals surface area contributed by atoms with Crippen LogP contribution in [0.1, 0.15) is 48.9 Å². The van der Waals surface area contributed by atoms with Crippen LogP contribution in [0.15, 0.2) is 54.6 Å². The van der Waals surface area contributed by atoms with Crippen molar-refractivity contribution in [3.05, 3.63) is 60.2 Å². The fourth-order valence-electron chi connectivity index (χ4n) is 4.93. The van der Waals surface area contributed by atoms with Gasteiger partial charge in [0.1, 0.15) is 0 Å². The SMILES string of the molecule is O=C(NCCCN1CCCC1=O)c1ccc(-c2cc(-c3ccc(N4CCCCC4)cc3)n[nH]2)cc1. The molecule has 7 nitrogen and oxygen atoms in total. The van der Waals surface area contributed by atoms with E-state index in [0.717, 1.165) is 55.0 Å². The number of carbonyl (C=O) groups excluding carboxylic acids is 2. The molecule has 3 heterocycles. The van der Waals surface area contributed by atoms with Crippen molar-refractivity contribution < 1.29 is 9.59 Å². The Kier molecular flexibility index (Phi) is 7.12. The van der Waals surface area contributed by atoms with Crippen molar-refractivity contribution in [2.24, 2.45) is 0 Å². The molecule has 0 saturated carbocycles. The summed E-state index contributed by atoms with van der Waals surface area (Å²) >= 11 is 0. The molecule has 0 atom stereocenters. The lowest BCUT2D eigenvalue weighted by Crippen LogP contribution is -2.30. The van der Waals surface area contributed by atoms with E-state index in [9.17, 15) is 9.59 Å². The van der Waals surface area contributed by atoms with E-state index >= 15 is 0 Å². The molecule has 0 spiro atoms. The van der Waals surface area contributed by atoms with Gasteiger partial charge in [0.2, 0.25) is 5.91 Å². The molecule has 2 aliphatic heterocycles. The average Bonchev–Trinajstić information content (AvgIpc) is 3.57. The summed E-state index contributed by atoms with van der Waals surface area (Å²) in [6.07, 6.45) is 6.24. The molecule has 2 amide bonds. The molecule has 5 rings (SSSR count). The summed E-state index contributed by atoms with van der Waals surface area (Å²) in [5, 5.41) is 10.6. The Morgan fingerprint density at radius 2 is 1.66 bits per heavy atom. The zero-order valence-corrected chi connectivity index (χ0v) is 20.1. The van der Waals surface area contributed by atoms with Crippen LogP contribution in [0.4, 0.5) is 5.69 Å². The van der Waals surface area contributed by atoms with E-state index in [1.165, 1.54) is 24.9 Å². The van der Waals surface area contributed by atoms with Crippen LogP contribution in [-0.2, 0) is 4.79 Å². The molecule has 3 aromatic rings. The molecule has 0 unspecified atom stereocenters. The predicted molar refractivity (Wildman–Crippen MR) is 138 cm³/mol. The van der Waals surface area contributed by atoms with Crippen molar-refractivity contribution >= 4 is 17.5 Å². The van der Waals surface area contributed by atoms with Gasteiger partial charge in [-0.25, -0.2) is 0 Å². The van der Waals surface area contributed by atoms with Crippen molar-refractivity contribution in [1.82, 2.24) is 20.4 Å². The number of hydrogen-bond donors (Lipinski definition) is 2. The number of anilines is 1. The summed E-state index contributed by atoms with van der Waals surface area (Å²) in [7, 11) is 0. The van der Waals surface area contributed by atoms with Crippen molar-refractivity contribution in [2.75, 3.05) is 37.6 Å². The van der Waals surface area contributed by atoms with E-state index in [-0.39, 0.29) is 11.8 Å². The van der Waals surface area contributed by atoms with Gasteiger partial charge in [0.15, 0.2) is 0 Å². The normalized spacial score (nSPS) is 16.1. The molecule has 182 valence electrons. The quantitative estimate of drug-likeness (QED) is 0.475. The van der Waals surface area contributed by atoms with Gasteiger partial charge in [-0.3, -0.25) is 14.7 Å². The van der Waals surface area contributed by atoms with Crippen LogP contribution in [0.2, 0.25) is 0 Å². The van der Waals surface area contributed by atoms with Crippen LogP contribution >= 0.6 is 0 Å². The van der Waals surface area contributed by atoms with E-state index in [0.29, 0.717) is 25.1 Å². The lowest BCUT2D eigenvalue weighted by Gasteiger charge is -2.28. The van der Waals surface area contributed by atoms with Crippen LogP contribution in [0.5, 0.6) is 0 Å². The van der Waals surface area contributed by atoms with Crippen molar-refractivity contribution in [3.8, 4) is 22.5 Å². The first-order chi connectivity index (χ1) is 17.2. The first-order valence-corrected chi connectivity index (χ1v) is 12.7. The summed E-state index contributed by atoms with van der Waals surface area (Å²) in [6.45, 7) is 4.39. The molecule has 0 bridgehead atoms. The van der Waals surface area contributed by atoms with E-state index in [2.05, 4.69) is 44.7 Å². The summed E-state index contributed by atoms with van der Waals surface area (Å²) in [5.41, 5.74) is 5.80. The highest BCUT2D eigenvalue weighted by Crippen LogP contribution is 2.27. The number of aromatic amines is 1. The summed E-state index contributed by atoms with van der Waals surface area (Å²) in [5.74, 6) is 0.131. The molecule has 35 heavy (non-hydrogen) atoms. The summed E-state index contributed by atoms with van der Waals surface area (Å²) in [6, 6.07) is 18.2. The predicted octanol–water partition coefficient (Wildman–Crippen LogP) is 4.48. The molecule has 2 fully saturated rings. The van der Waals surface area contributed by atoms with E-state index in [4.69, 9.17) is 0 Å². The van der Waals surface area contributed by atoms with Crippen LogP contribution in [0.3, 0.4) is 0 Å². The highest BCUT2D eigenvalue weighted by atomic mass is 16.2. The Morgan fingerprint density at radius 1 is 0.914 bits per heavy atom. The Bertz CT molecular complexity index is 1150. The second-order valence-corrected chi connectivity index (χ2v) is 9.43. The minimum atomic E-state index is -0.0941. The molecule has 2 N–H and O–H groups in total. The number of nitrogens with zero attached hydrogens (tertiary/aromatic N) is 3. The number of nitrogens with one attached hydrogen (secondary N) is 2. The molecule has 2 saturated heterocycles. The van der Waals surface area contributed by atoms with E-state index in [1.54, 1.807) is 0 Å². The molecule has 2 aromatic carbocycles. The van der Waals surface area contributed by atoms with Gasteiger partial charge in [-0.2, -0.15) is 5.10 Å². The minimum absolute atomic E-state index is 0.0941. The van der Waals surface area contributed by atoms with Crippen LogP contribution in [0.25, 0.3) is 22.5 Å². The zero-order valence-electron chi connectivity index (χ0n) is 20.1. The smallest absolute Gasteiger partial charge is 0.251 e. The van der Waals surface area contributed by atoms with E-state index < -0.39 is 0 Å². The third kappa shape index (κ3) is 5.56. The van der Waals surface area contributed by atoms with Crippen LogP contribution < -0.4 is 10.2 Å². The Hall–Kier alpha value is -3.61. The maximum atomic E-state index is 12.5. The Labute approximate surface area is 206 Å². The van der Waals surface area contributed by atoms with Gasteiger partial charge in [0.05, 0.1) is 11.4 Å². The minimum Gasteiger partial charge on any atom is -0.372 e. The molecular weight excluding hydrogens is 438 g/mol. The summed E-state index contributed by atoms with van der Waals surface area (Å²) < 4.78 is 0. The number of benzene rings is 2. The van der Waals surface area contributed by atoms with Gasteiger partial charge >= 0.3 is 0 Å². The number of aromatic nitrogens is 2. The second-order valence-electron chi connectivity index (χ2n) is 9.43. The lowest BCUT2D eigenvalue weighted by molar-refractivity contribution is -0.127. The number of H-pyrrole nitrogens is 1. The van der Waals surface area contributed by atoms with E-state index in [1.807, 2.05) is 35.2 Å². The van der Waals surface area contributed by atoms with Gasteiger partial charge in [-0.1, -0.05) is 24.3 Å². The zero-order chi connectivity index (χ0) is 24.0. The first-order valence-electron chi connectivity index (χ1n) is 12.7. The number of rotatable bonds is 8. The topological polar surface area (TPSA) is 81.3 Å². The van der Waals surface area contributed by atoms with Crippen molar-refractivity contribution in [1.29, 1.82) is 0 Å². The number of carbonyl (C=O) groups is 2. The van der Waals surface area contributed by atoms with Crippen molar-refractivity contribution in [3.63, 3.8) is 0 Å². The largest absolute Gasteiger partial charge is 0.372 e. The van der Waals surface area contributed by atoms with Gasteiger partial charge < -0.3 is 15.1 Å². The monoisotopic (exact) mass is 471 g/mol. The second kappa shape index (κ2) is 10.8. The highest BCUT2D eigenvalue weighted by molar-refractivity contribution is 5.94. The third-order valence-corrected chi connectivity index (χ3v) is 6.98. The highest BCUT2D eigenvalue weighted by Gasteiger charge is 2.19. The lowest BCUT2D eigenvalue weighted by atomic mass is 10.1. The maximum absolute atomic E-state index is 12.5. The molecule has 2 aliphatic rings. The maximum Gasteiger partial charge on any atom is 0.251 e. The van der Waals surface area contributed by atoms with Crippen LogP contribution in [0, 0.1) is 0 Å². The standard InChI is InChI=1S/C28H33N5O2/c34-27-6-4-18-33(27)19-5-15-29-28(35)23-9-7-21(8-10-23)25-20-26(31-30-25)22-11-13-24(14-12-22)32-16-2-1-3-17-32/h7-14,20H,1-6,15-19H2,(H,29,35)(H,30,31). The Balaban J connectivity index is 1.15. The number of hydrogen-bond acceptors (Lipinski definition) is 4. The molecule has 7 heteroatoms. The molecule has 0 radical (unpaired) electrons. The average molecular weight is 472 g/mol. The van der Waals surface area contributed by atoms with Crippen molar-refractivity contribution in [2.45, 2.75) is 38.5 Å². The summed E-state index contributed by atoms with van der Waals surface area (Å²) in [4.78, 5) is 28.5. The third-order valence-electron chi connectivity index (χ3n) is 6.98. The molecule has 1 aromatic heterocycles. The van der Waals surface area contributed by atoms with Crippen LogP contribution in [-0.4, -0.2) is 59.6 Å². The van der Waals surface area contributed by atoms with Gasteiger partial charge in [-0.15, -0.1) is 0 Å². The molecule has 0 aliphatic carbocycles. The van der Waals surface area contributed by atoms with Gasteiger partial charge in [0, 0.05) is 56.0 Å². The number of piperidine rings is 1. The Morgan fingerprint density at radius 3 is 2.37 bits per heavy atom.